The van der Waals surface area contributed by atoms with E-state index in [1.165, 1.54) is 0 Å². The van der Waals surface area contributed by atoms with Crippen molar-refractivity contribution in [2.24, 2.45) is 0 Å². The summed E-state index contributed by atoms with van der Waals surface area (Å²) in [5, 5.41) is 9.35. The molecule has 1 atom stereocenters. The van der Waals surface area contributed by atoms with Crippen LogP contribution in [-0.2, 0) is 4.74 Å². The molecule has 0 aliphatic carbocycles. The molecule has 3 heteroatoms. The lowest BCUT2D eigenvalue weighted by Crippen LogP contribution is -2.36. The third-order valence-electron chi connectivity index (χ3n) is 3.15. The fraction of sp³-hybridized carbons (Fsp3) is 1.00. The summed E-state index contributed by atoms with van der Waals surface area (Å²) in [7, 11) is 0. The van der Waals surface area contributed by atoms with Crippen molar-refractivity contribution in [1.29, 1.82) is 0 Å². The highest BCUT2D eigenvalue weighted by atomic mass is 16.5. The van der Waals surface area contributed by atoms with Crippen LogP contribution in [0.3, 0.4) is 0 Å². The van der Waals surface area contributed by atoms with Crippen LogP contribution < -0.4 is 0 Å². The molecule has 1 aliphatic heterocycles. The lowest BCUT2D eigenvalue weighted by molar-refractivity contribution is 0.0465. The summed E-state index contributed by atoms with van der Waals surface area (Å²) in [5.41, 5.74) is 0. The molecule has 1 fully saturated rings. The van der Waals surface area contributed by atoms with Crippen molar-refractivity contribution in [3.8, 4) is 0 Å². The van der Waals surface area contributed by atoms with Crippen LogP contribution >= 0.6 is 0 Å². The van der Waals surface area contributed by atoms with E-state index in [4.69, 9.17) is 4.74 Å². The zero-order valence-electron chi connectivity index (χ0n) is 10.1. The highest BCUT2D eigenvalue weighted by molar-refractivity contribution is 4.70. The molecule has 1 heterocycles. The summed E-state index contributed by atoms with van der Waals surface area (Å²) in [5.74, 6) is 0. The molecule has 0 saturated carbocycles. The number of aliphatic hydroxyl groups excluding tert-OH is 1. The molecule has 0 aromatic rings. The van der Waals surface area contributed by atoms with Crippen LogP contribution in [0.4, 0.5) is 0 Å². The van der Waals surface area contributed by atoms with Gasteiger partial charge < -0.3 is 14.7 Å². The van der Waals surface area contributed by atoms with Gasteiger partial charge in [0.2, 0.25) is 0 Å². The van der Waals surface area contributed by atoms with Crippen LogP contribution in [0.25, 0.3) is 0 Å². The average Bonchev–Trinajstić information content (AvgIpc) is 2.26. The molecule has 1 aliphatic rings. The minimum Gasteiger partial charge on any atom is -0.393 e. The number of hydrogen-bond donors (Lipinski definition) is 1. The van der Waals surface area contributed by atoms with Gasteiger partial charge >= 0.3 is 0 Å². The van der Waals surface area contributed by atoms with E-state index in [0.717, 1.165) is 51.9 Å². The topological polar surface area (TPSA) is 32.7 Å². The van der Waals surface area contributed by atoms with Crippen molar-refractivity contribution in [2.75, 3.05) is 26.2 Å². The first-order valence-corrected chi connectivity index (χ1v) is 6.24. The maximum Gasteiger partial charge on any atom is 0.0564 e. The van der Waals surface area contributed by atoms with Crippen LogP contribution in [0.5, 0.6) is 0 Å². The van der Waals surface area contributed by atoms with Gasteiger partial charge in [-0.15, -0.1) is 0 Å². The monoisotopic (exact) mass is 215 g/mol. The number of likely N-dealkylation sites (tertiary alicyclic amines) is 1. The van der Waals surface area contributed by atoms with Crippen molar-refractivity contribution in [1.82, 2.24) is 4.90 Å². The summed E-state index contributed by atoms with van der Waals surface area (Å²) in [6.07, 6.45) is 4.42. The number of rotatable bonds is 6. The molecule has 0 bridgehead atoms. The molecule has 0 aromatic heterocycles. The molecule has 1 N–H and O–H groups in total. The molecule has 1 unspecified atom stereocenters. The van der Waals surface area contributed by atoms with E-state index >= 15 is 0 Å². The van der Waals surface area contributed by atoms with E-state index in [0.29, 0.717) is 6.10 Å². The van der Waals surface area contributed by atoms with Crippen molar-refractivity contribution < 1.29 is 9.84 Å². The number of nitrogens with zero attached hydrogens (tertiary/aromatic N) is 1. The van der Waals surface area contributed by atoms with Gasteiger partial charge in [-0.1, -0.05) is 6.92 Å². The minimum absolute atomic E-state index is 0.0578. The van der Waals surface area contributed by atoms with Gasteiger partial charge in [-0.3, -0.25) is 0 Å². The summed E-state index contributed by atoms with van der Waals surface area (Å²) in [4.78, 5) is 2.42. The Kier molecular flexibility index (Phi) is 6.22. The molecule has 0 radical (unpaired) electrons. The molecule has 90 valence electrons. The average molecular weight is 215 g/mol. The van der Waals surface area contributed by atoms with Gasteiger partial charge in [0.25, 0.3) is 0 Å². The van der Waals surface area contributed by atoms with E-state index in [2.05, 4.69) is 18.7 Å². The normalized spacial score (nSPS) is 21.8. The Morgan fingerprint density at radius 2 is 2.07 bits per heavy atom. The first kappa shape index (κ1) is 12.9. The second-order valence-electron chi connectivity index (χ2n) is 4.52. The maximum absolute atomic E-state index is 9.35. The number of piperidine rings is 1. The zero-order valence-corrected chi connectivity index (χ0v) is 10.1. The van der Waals surface area contributed by atoms with E-state index in [9.17, 15) is 5.11 Å². The summed E-state index contributed by atoms with van der Waals surface area (Å²) >= 11 is 0. The van der Waals surface area contributed by atoms with E-state index in [-0.39, 0.29) is 6.10 Å². The fourth-order valence-electron chi connectivity index (χ4n) is 1.83. The zero-order chi connectivity index (χ0) is 11.1. The Hall–Kier alpha value is -0.120. The highest BCUT2D eigenvalue weighted by Crippen LogP contribution is 2.10. The molecule has 0 amide bonds. The van der Waals surface area contributed by atoms with Gasteiger partial charge in [-0.2, -0.15) is 0 Å². The molecular formula is C12H25NO2. The predicted octanol–water partition coefficient (Wildman–Crippen LogP) is 1.65. The third kappa shape index (κ3) is 5.50. The predicted molar refractivity (Wildman–Crippen MR) is 62.0 cm³/mol. The van der Waals surface area contributed by atoms with Gasteiger partial charge in [0, 0.05) is 26.2 Å². The van der Waals surface area contributed by atoms with E-state index < -0.39 is 0 Å². The quantitative estimate of drug-likeness (QED) is 0.684. The Morgan fingerprint density at radius 1 is 1.40 bits per heavy atom. The first-order chi connectivity index (χ1) is 7.22. The summed E-state index contributed by atoms with van der Waals surface area (Å²) < 4.78 is 5.63. The van der Waals surface area contributed by atoms with E-state index in [1.54, 1.807) is 0 Å². The lowest BCUT2D eigenvalue weighted by atomic mass is 10.1. The standard InChI is InChI=1S/C12H25NO2/c1-3-11(2)15-10-4-7-13-8-5-12(14)6-9-13/h11-12,14H,3-10H2,1-2H3. The Morgan fingerprint density at radius 3 is 2.67 bits per heavy atom. The summed E-state index contributed by atoms with van der Waals surface area (Å²) in [6.45, 7) is 8.35. The van der Waals surface area contributed by atoms with Gasteiger partial charge in [0.1, 0.15) is 0 Å². The number of hydrogen-bond acceptors (Lipinski definition) is 3. The fourth-order valence-corrected chi connectivity index (χ4v) is 1.83. The second kappa shape index (κ2) is 7.20. The highest BCUT2D eigenvalue weighted by Gasteiger charge is 2.15. The second-order valence-corrected chi connectivity index (χ2v) is 4.52. The van der Waals surface area contributed by atoms with Crippen LogP contribution in [0.2, 0.25) is 0 Å². The maximum atomic E-state index is 9.35. The third-order valence-corrected chi connectivity index (χ3v) is 3.15. The van der Waals surface area contributed by atoms with Crippen LogP contribution in [0.15, 0.2) is 0 Å². The smallest absolute Gasteiger partial charge is 0.0564 e. The Labute approximate surface area is 93.4 Å². The molecular weight excluding hydrogens is 190 g/mol. The molecule has 15 heavy (non-hydrogen) atoms. The Bertz CT molecular complexity index is 156. The SMILES string of the molecule is CCC(C)OCCCN1CCC(O)CC1. The van der Waals surface area contributed by atoms with Gasteiger partial charge in [-0.05, 0) is 32.6 Å². The number of ether oxygens (including phenoxy) is 1. The van der Waals surface area contributed by atoms with Crippen molar-refractivity contribution in [3.05, 3.63) is 0 Å². The van der Waals surface area contributed by atoms with Gasteiger partial charge in [0.05, 0.1) is 12.2 Å². The Balaban J connectivity index is 1.96. The molecule has 1 rings (SSSR count). The largest absolute Gasteiger partial charge is 0.393 e. The van der Waals surface area contributed by atoms with Crippen molar-refractivity contribution in [2.45, 2.75) is 51.7 Å². The molecule has 1 saturated heterocycles. The molecule has 0 aromatic carbocycles. The first-order valence-electron chi connectivity index (χ1n) is 6.24. The number of aliphatic hydroxyl groups is 1. The van der Waals surface area contributed by atoms with Crippen molar-refractivity contribution >= 4 is 0 Å². The van der Waals surface area contributed by atoms with Crippen molar-refractivity contribution in [3.63, 3.8) is 0 Å². The van der Waals surface area contributed by atoms with E-state index in [1.807, 2.05) is 0 Å². The van der Waals surface area contributed by atoms with Crippen LogP contribution in [0, 0.1) is 0 Å². The van der Waals surface area contributed by atoms with Gasteiger partial charge in [0.15, 0.2) is 0 Å². The minimum atomic E-state index is -0.0578. The molecule has 0 spiro atoms. The summed E-state index contributed by atoms with van der Waals surface area (Å²) in [6, 6.07) is 0. The van der Waals surface area contributed by atoms with Crippen LogP contribution in [0.1, 0.15) is 39.5 Å². The molecule has 3 nitrogen and oxygen atoms in total. The lowest BCUT2D eigenvalue weighted by Gasteiger charge is -2.29. The van der Waals surface area contributed by atoms with Gasteiger partial charge in [-0.25, -0.2) is 0 Å². The van der Waals surface area contributed by atoms with Crippen LogP contribution in [-0.4, -0.2) is 48.5 Å².